The van der Waals surface area contributed by atoms with Crippen LogP contribution in [0, 0.1) is 5.92 Å². The van der Waals surface area contributed by atoms with Gasteiger partial charge in [-0.25, -0.2) is 0 Å². The third kappa shape index (κ3) is 5.41. The largest absolute Gasteiger partial charge is 0.497 e. The summed E-state index contributed by atoms with van der Waals surface area (Å²) < 4.78 is 12.8. The van der Waals surface area contributed by atoms with Crippen molar-refractivity contribution in [2.24, 2.45) is 13.0 Å². The van der Waals surface area contributed by atoms with Gasteiger partial charge in [0, 0.05) is 13.1 Å². The van der Waals surface area contributed by atoms with Crippen LogP contribution in [-0.2, 0) is 18.4 Å². The lowest BCUT2D eigenvalue weighted by molar-refractivity contribution is -0.119. The lowest BCUT2D eigenvalue weighted by Crippen LogP contribution is -2.41. The highest BCUT2D eigenvalue weighted by Crippen LogP contribution is 2.24. The predicted octanol–water partition coefficient (Wildman–Crippen LogP) is 3.19. The number of hydrogen-bond acceptors (Lipinski definition) is 6. The van der Waals surface area contributed by atoms with E-state index in [0.717, 1.165) is 17.9 Å². The summed E-state index contributed by atoms with van der Waals surface area (Å²) in [6.07, 6.45) is 4.74. The number of carbonyl (C=O) groups excluding carboxylic acids is 1. The first-order chi connectivity index (χ1) is 13.6. The summed E-state index contributed by atoms with van der Waals surface area (Å²) in [5, 5.41) is 12.2. The molecule has 1 aromatic carbocycles. The second-order valence-corrected chi connectivity index (χ2v) is 8.09. The van der Waals surface area contributed by atoms with Crippen molar-refractivity contribution >= 4 is 17.7 Å². The number of ether oxygens (including phenoxy) is 2. The Bertz CT molecular complexity index is 778. The van der Waals surface area contributed by atoms with Crippen molar-refractivity contribution in [2.45, 2.75) is 50.4 Å². The third-order valence-corrected chi connectivity index (χ3v) is 6.16. The molecule has 0 saturated heterocycles. The van der Waals surface area contributed by atoms with Crippen LogP contribution in [0.15, 0.2) is 29.4 Å². The Hall–Kier alpha value is -2.22. The van der Waals surface area contributed by atoms with E-state index < -0.39 is 0 Å². The fourth-order valence-electron chi connectivity index (χ4n) is 3.33. The fourth-order valence-corrected chi connectivity index (χ4v) is 4.07. The van der Waals surface area contributed by atoms with E-state index in [1.165, 1.54) is 31.0 Å². The van der Waals surface area contributed by atoms with Crippen molar-refractivity contribution in [2.75, 3.05) is 12.9 Å². The molecule has 28 heavy (non-hydrogen) atoms. The third-order valence-electron chi connectivity index (χ3n) is 5.14. The van der Waals surface area contributed by atoms with Gasteiger partial charge < -0.3 is 19.4 Å². The Balaban J connectivity index is 1.47. The molecule has 1 aliphatic carbocycles. The minimum absolute atomic E-state index is 0.0581. The van der Waals surface area contributed by atoms with Crippen LogP contribution in [0.2, 0.25) is 0 Å². The summed E-state index contributed by atoms with van der Waals surface area (Å²) >= 11 is 1.40. The average molecular weight is 405 g/mol. The summed E-state index contributed by atoms with van der Waals surface area (Å²) in [5.74, 6) is 3.18. The zero-order valence-corrected chi connectivity index (χ0v) is 17.5. The van der Waals surface area contributed by atoms with Gasteiger partial charge in [-0.1, -0.05) is 31.5 Å². The van der Waals surface area contributed by atoms with Crippen LogP contribution in [-0.4, -0.2) is 39.6 Å². The van der Waals surface area contributed by atoms with Crippen molar-refractivity contribution in [1.82, 2.24) is 20.1 Å². The number of carbonyl (C=O) groups is 1. The lowest BCUT2D eigenvalue weighted by atomic mass is 9.86. The molecule has 1 heterocycles. The summed E-state index contributed by atoms with van der Waals surface area (Å²) in [6, 6.07) is 7.69. The molecule has 1 aromatic heterocycles. The Morgan fingerprint density at radius 2 is 1.93 bits per heavy atom. The van der Waals surface area contributed by atoms with Gasteiger partial charge in [0.2, 0.25) is 5.91 Å². The van der Waals surface area contributed by atoms with Gasteiger partial charge in [0.1, 0.15) is 18.1 Å². The van der Waals surface area contributed by atoms with Gasteiger partial charge >= 0.3 is 0 Å². The van der Waals surface area contributed by atoms with Crippen molar-refractivity contribution in [1.29, 1.82) is 0 Å². The highest BCUT2D eigenvalue weighted by Gasteiger charge is 2.23. The Morgan fingerprint density at radius 3 is 2.64 bits per heavy atom. The second kappa shape index (κ2) is 9.82. The van der Waals surface area contributed by atoms with E-state index in [0.29, 0.717) is 35.3 Å². The molecule has 7 nitrogen and oxygen atoms in total. The van der Waals surface area contributed by atoms with Crippen LogP contribution in [0.4, 0.5) is 0 Å². The van der Waals surface area contributed by atoms with E-state index >= 15 is 0 Å². The molecule has 2 aromatic rings. The highest BCUT2D eigenvalue weighted by atomic mass is 32.2. The number of rotatable bonds is 8. The molecule has 0 spiro atoms. The molecule has 3 rings (SSSR count). The van der Waals surface area contributed by atoms with E-state index in [9.17, 15) is 4.79 Å². The van der Waals surface area contributed by atoms with Gasteiger partial charge in [-0.3, -0.25) is 4.79 Å². The van der Waals surface area contributed by atoms with Gasteiger partial charge in [0.05, 0.1) is 12.9 Å². The first kappa shape index (κ1) is 20.5. The molecular formula is C20H28N4O3S. The van der Waals surface area contributed by atoms with Crippen LogP contribution in [0.3, 0.4) is 0 Å². The average Bonchev–Trinajstić information content (AvgIpc) is 3.06. The quantitative estimate of drug-likeness (QED) is 0.681. The Morgan fingerprint density at radius 1 is 1.21 bits per heavy atom. The molecule has 1 N–H and O–H groups in total. The standard InChI is InChI=1S/C20H28N4O3S/c1-14-6-4-5-7-17(14)21-19(25)13-28-20-23-22-18(24(20)2)12-27-16-10-8-15(26-3)9-11-16/h8-11,14,17H,4-7,12-13H2,1-3H3,(H,21,25)/t14-,17-/m1/s1. The Kier molecular flexibility index (Phi) is 7.19. The van der Waals surface area contributed by atoms with Crippen molar-refractivity contribution < 1.29 is 14.3 Å². The predicted molar refractivity (Wildman–Crippen MR) is 109 cm³/mol. The molecule has 152 valence electrons. The molecule has 1 amide bonds. The van der Waals surface area contributed by atoms with E-state index in [4.69, 9.17) is 9.47 Å². The van der Waals surface area contributed by atoms with Crippen LogP contribution in [0.5, 0.6) is 11.5 Å². The maximum absolute atomic E-state index is 12.3. The van der Waals surface area contributed by atoms with Gasteiger partial charge in [0.25, 0.3) is 0 Å². The molecular weight excluding hydrogens is 376 g/mol. The van der Waals surface area contributed by atoms with E-state index in [-0.39, 0.29) is 5.91 Å². The number of nitrogens with zero attached hydrogens (tertiary/aromatic N) is 3. The molecule has 2 atom stereocenters. The lowest BCUT2D eigenvalue weighted by Gasteiger charge is -2.29. The number of aromatic nitrogens is 3. The minimum Gasteiger partial charge on any atom is -0.497 e. The van der Waals surface area contributed by atoms with Crippen molar-refractivity contribution in [3.05, 3.63) is 30.1 Å². The number of nitrogens with one attached hydrogen (secondary N) is 1. The number of benzene rings is 1. The first-order valence-corrected chi connectivity index (χ1v) is 10.6. The van der Waals surface area contributed by atoms with Crippen molar-refractivity contribution in [3.8, 4) is 11.5 Å². The Labute approximate surface area is 170 Å². The molecule has 1 aliphatic rings. The molecule has 1 saturated carbocycles. The minimum atomic E-state index is 0.0581. The monoisotopic (exact) mass is 404 g/mol. The van der Waals surface area contributed by atoms with E-state index in [2.05, 4.69) is 22.4 Å². The van der Waals surface area contributed by atoms with Crippen molar-refractivity contribution in [3.63, 3.8) is 0 Å². The molecule has 0 radical (unpaired) electrons. The molecule has 0 aliphatic heterocycles. The van der Waals surface area contributed by atoms with Gasteiger partial charge in [-0.2, -0.15) is 0 Å². The van der Waals surface area contributed by atoms with Gasteiger partial charge in [-0.05, 0) is 43.0 Å². The smallest absolute Gasteiger partial charge is 0.230 e. The first-order valence-electron chi connectivity index (χ1n) is 9.64. The highest BCUT2D eigenvalue weighted by molar-refractivity contribution is 7.99. The normalized spacial score (nSPS) is 19.2. The van der Waals surface area contributed by atoms with Crippen LogP contribution in [0.25, 0.3) is 0 Å². The fraction of sp³-hybridized carbons (Fsp3) is 0.550. The maximum atomic E-state index is 12.3. The number of amides is 1. The zero-order valence-electron chi connectivity index (χ0n) is 16.7. The topological polar surface area (TPSA) is 78.3 Å². The summed E-state index contributed by atoms with van der Waals surface area (Å²) in [5.41, 5.74) is 0. The summed E-state index contributed by atoms with van der Waals surface area (Å²) in [6.45, 7) is 2.52. The number of methoxy groups -OCH3 is 1. The SMILES string of the molecule is COc1ccc(OCc2nnc(SCC(=O)N[C@@H]3CCCC[C@H]3C)n2C)cc1. The number of thioether (sulfide) groups is 1. The maximum Gasteiger partial charge on any atom is 0.230 e. The van der Waals surface area contributed by atoms with E-state index in [1.807, 2.05) is 35.9 Å². The van der Waals surface area contributed by atoms with E-state index in [1.54, 1.807) is 7.11 Å². The summed E-state index contributed by atoms with van der Waals surface area (Å²) in [7, 11) is 3.51. The summed E-state index contributed by atoms with van der Waals surface area (Å²) in [4.78, 5) is 12.3. The number of hydrogen-bond donors (Lipinski definition) is 1. The van der Waals surface area contributed by atoms with Crippen LogP contribution < -0.4 is 14.8 Å². The zero-order chi connectivity index (χ0) is 19.9. The van der Waals surface area contributed by atoms with Gasteiger partial charge in [0.15, 0.2) is 11.0 Å². The van der Waals surface area contributed by atoms with Gasteiger partial charge in [-0.15, -0.1) is 10.2 Å². The molecule has 8 heteroatoms. The second-order valence-electron chi connectivity index (χ2n) is 7.15. The van der Waals surface area contributed by atoms with Crippen LogP contribution in [0.1, 0.15) is 38.4 Å². The molecule has 0 bridgehead atoms. The van der Waals surface area contributed by atoms with Crippen LogP contribution >= 0.6 is 11.8 Å². The molecule has 0 unspecified atom stereocenters. The molecule has 1 fully saturated rings.